The quantitative estimate of drug-likeness (QED) is 0.473. The number of carbonyl (C=O) groups is 1. The van der Waals surface area contributed by atoms with Gasteiger partial charge in [-0.25, -0.2) is 9.97 Å². The second kappa shape index (κ2) is 6.39. The van der Waals surface area contributed by atoms with Crippen LogP contribution in [0.15, 0.2) is 6.07 Å². The first-order valence-electron chi connectivity index (χ1n) is 4.96. The highest BCUT2D eigenvalue weighted by Crippen LogP contribution is 2.29. The number of amides is 1. The number of carbonyl (C=O) groups excluding carboxylic acids is 1. The minimum atomic E-state index is -4.57. The maximum absolute atomic E-state index is 12.4. The van der Waals surface area contributed by atoms with Crippen LogP contribution >= 0.6 is 11.6 Å². The lowest BCUT2D eigenvalue weighted by atomic mass is 10.3. The molecule has 0 aromatic carbocycles. The molecule has 0 fully saturated rings. The van der Waals surface area contributed by atoms with Crippen molar-refractivity contribution in [2.24, 2.45) is 0 Å². The summed E-state index contributed by atoms with van der Waals surface area (Å²) in [6.45, 7) is 0.771. The van der Waals surface area contributed by atoms with Gasteiger partial charge >= 0.3 is 6.18 Å². The van der Waals surface area contributed by atoms with Gasteiger partial charge in [0.15, 0.2) is 5.69 Å². The normalized spacial score (nSPS) is 11.1. The van der Waals surface area contributed by atoms with Gasteiger partial charge < -0.3 is 10.6 Å². The highest BCUT2D eigenvalue weighted by atomic mass is 35.5. The van der Waals surface area contributed by atoms with Crippen molar-refractivity contribution in [3.63, 3.8) is 0 Å². The summed E-state index contributed by atoms with van der Waals surface area (Å²) in [5, 5.41) is 4.61. The monoisotopic (exact) mass is 282 g/mol. The van der Waals surface area contributed by atoms with E-state index in [0.29, 0.717) is 25.9 Å². The maximum Gasteiger partial charge on any atom is 0.433 e. The lowest BCUT2D eigenvalue weighted by Crippen LogP contribution is -2.17. The average Bonchev–Trinajstić information content (AvgIpc) is 2.27. The van der Waals surface area contributed by atoms with Crippen molar-refractivity contribution in [2.45, 2.75) is 12.6 Å². The highest BCUT2D eigenvalue weighted by molar-refractivity contribution is 6.28. The van der Waals surface area contributed by atoms with Crippen LogP contribution in [0.2, 0.25) is 5.28 Å². The maximum atomic E-state index is 12.4. The van der Waals surface area contributed by atoms with Crippen molar-refractivity contribution in [1.82, 2.24) is 15.3 Å². The first-order valence-corrected chi connectivity index (χ1v) is 5.34. The third-order valence-electron chi connectivity index (χ3n) is 1.88. The van der Waals surface area contributed by atoms with Gasteiger partial charge in [-0.2, -0.15) is 13.2 Å². The van der Waals surface area contributed by atoms with Crippen molar-refractivity contribution in [1.29, 1.82) is 0 Å². The molecule has 2 N–H and O–H groups in total. The van der Waals surface area contributed by atoms with Crippen LogP contribution in [0.25, 0.3) is 0 Å². The summed E-state index contributed by atoms with van der Waals surface area (Å²) in [5.41, 5.74) is -1.10. The summed E-state index contributed by atoms with van der Waals surface area (Å²) in [6.07, 6.45) is -3.48. The van der Waals surface area contributed by atoms with Gasteiger partial charge in [-0.1, -0.05) is 0 Å². The molecule has 0 saturated heterocycles. The van der Waals surface area contributed by atoms with E-state index in [9.17, 15) is 18.0 Å². The minimum Gasteiger partial charge on any atom is -0.370 e. The van der Waals surface area contributed by atoms with E-state index >= 15 is 0 Å². The molecule has 18 heavy (non-hydrogen) atoms. The predicted molar refractivity (Wildman–Crippen MR) is 59.2 cm³/mol. The Kier molecular flexibility index (Phi) is 5.14. The topological polar surface area (TPSA) is 66.9 Å². The Labute approximate surface area is 106 Å². The fraction of sp³-hybridized carbons (Fsp3) is 0.444. The van der Waals surface area contributed by atoms with Gasteiger partial charge in [-0.05, 0) is 18.0 Å². The molecule has 0 bridgehead atoms. The molecule has 0 aliphatic rings. The Morgan fingerprint density at radius 1 is 1.33 bits per heavy atom. The Morgan fingerprint density at radius 2 is 2.06 bits per heavy atom. The first kappa shape index (κ1) is 14.5. The number of nitrogens with one attached hydrogen (secondary N) is 2. The number of hydrogen-bond acceptors (Lipinski definition) is 4. The summed E-state index contributed by atoms with van der Waals surface area (Å²) in [7, 11) is 0. The van der Waals surface area contributed by atoms with E-state index < -0.39 is 17.2 Å². The van der Waals surface area contributed by atoms with Crippen LogP contribution in [0.3, 0.4) is 0 Å². The van der Waals surface area contributed by atoms with E-state index in [2.05, 4.69) is 20.6 Å². The standard InChI is InChI=1S/C9H10ClF3N4O/c10-8-16-6(9(11,12)13)4-7(17-8)15-3-1-2-14-5-18/h4-5H,1-3H2,(H,14,18)(H,15,16,17). The molecule has 0 saturated carbocycles. The zero-order chi connectivity index (χ0) is 13.6. The lowest BCUT2D eigenvalue weighted by molar-refractivity contribution is -0.141. The zero-order valence-electron chi connectivity index (χ0n) is 9.09. The van der Waals surface area contributed by atoms with Crippen LogP contribution in [0.5, 0.6) is 0 Å². The molecule has 0 radical (unpaired) electrons. The summed E-state index contributed by atoms with van der Waals surface area (Å²) in [6, 6.07) is 0.777. The number of hydrogen-bond donors (Lipinski definition) is 2. The van der Waals surface area contributed by atoms with Crippen LogP contribution in [-0.2, 0) is 11.0 Å². The smallest absolute Gasteiger partial charge is 0.370 e. The van der Waals surface area contributed by atoms with Crippen LogP contribution < -0.4 is 10.6 Å². The van der Waals surface area contributed by atoms with Gasteiger partial charge in [0.2, 0.25) is 11.7 Å². The molecule has 5 nitrogen and oxygen atoms in total. The first-order chi connectivity index (χ1) is 8.43. The van der Waals surface area contributed by atoms with Crippen molar-refractivity contribution in [2.75, 3.05) is 18.4 Å². The van der Waals surface area contributed by atoms with Gasteiger partial charge in [0.05, 0.1) is 0 Å². The largest absolute Gasteiger partial charge is 0.433 e. The van der Waals surface area contributed by atoms with Gasteiger partial charge in [0.25, 0.3) is 0 Å². The summed E-state index contributed by atoms with van der Waals surface area (Å²) in [5.74, 6) is -0.00609. The molecule has 1 amide bonds. The zero-order valence-corrected chi connectivity index (χ0v) is 9.85. The molecule has 0 aliphatic carbocycles. The molecule has 9 heteroatoms. The number of rotatable bonds is 6. The van der Waals surface area contributed by atoms with Crippen LogP contribution in [0, 0.1) is 0 Å². The molecular weight excluding hydrogens is 273 g/mol. The molecule has 0 unspecified atom stereocenters. The van der Waals surface area contributed by atoms with E-state index in [-0.39, 0.29) is 5.82 Å². The van der Waals surface area contributed by atoms with Crippen LogP contribution in [0.4, 0.5) is 19.0 Å². The van der Waals surface area contributed by atoms with Crippen molar-refractivity contribution in [3.05, 3.63) is 17.0 Å². The van der Waals surface area contributed by atoms with Crippen molar-refractivity contribution in [3.8, 4) is 0 Å². The van der Waals surface area contributed by atoms with E-state index in [0.717, 1.165) is 6.07 Å². The molecule has 0 spiro atoms. The molecule has 100 valence electrons. The van der Waals surface area contributed by atoms with Gasteiger partial charge in [-0.15, -0.1) is 0 Å². The van der Waals surface area contributed by atoms with E-state index in [1.165, 1.54) is 0 Å². The predicted octanol–water partition coefficient (Wildman–Crippen LogP) is 1.70. The number of anilines is 1. The third-order valence-corrected chi connectivity index (χ3v) is 2.05. The number of aromatic nitrogens is 2. The molecule has 1 heterocycles. The average molecular weight is 283 g/mol. The fourth-order valence-electron chi connectivity index (χ4n) is 1.12. The third kappa shape index (κ3) is 4.74. The number of alkyl halides is 3. The Morgan fingerprint density at radius 3 is 2.67 bits per heavy atom. The molecule has 1 aromatic heterocycles. The van der Waals surface area contributed by atoms with E-state index in [1.54, 1.807) is 0 Å². The summed E-state index contributed by atoms with van der Waals surface area (Å²) in [4.78, 5) is 16.7. The van der Waals surface area contributed by atoms with Crippen LogP contribution in [0.1, 0.15) is 12.1 Å². The van der Waals surface area contributed by atoms with Gasteiger partial charge in [-0.3, -0.25) is 4.79 Å². The number of nitrogens with zero attached hydrogens (tertiary/aromatic N) is 2. The van der Waals surface area contributed by atoms with Crippen molar-refractivity contribution < 1.29 is 18.0 Å². The summed E-state index contributed by atoms with van der Waals surface area (Å²) >= 11 is 5.40. The second-order valence-electron chi connectivity index (χ2n) is 3.26. The Balaban J connectivity index is 2.60. The fourth-order valence-corrected chi connectivity index (χ4v) is 1.30. The van der Waals surface area contributed by atoms with Gasteiger partial charge in [0.1, 0.15) is 5.82 Å². The SMILES string of the molecule is O=CNCCCNc1cc(C(F)(F)F)nc(Cl)n1. The molecule has 1 rings (SSSR count). The highest BCUT2D eigenvalue weighted by Gasteiger charge is 2.33. The molecule has 1 aromatic rings. The van der Waals surface area contributed by atoms with Crippen LogP contribution in [-0.4, -0.2) is 29.5 Å². The van der Waals surface area contributed by atoms with E-state index in [4.69, 9.17) is 11.6 Å². The second-order valence-corrected chi connectivity index (χ2v) is 3.60. The molecule has 0 atom stereocenters. The molecule has 0 aliphatic heterocycles. The molecular formula is C9H10ClF3N4O. The Hall–Kier alpha value is -1.57. The summed E-state index contributed by atoms with van der Waals surface area (Å²) < 4.78 is 37.2. The minimum absolute atomic E-state index is 0.00609. The van der Waals surface area contributed by atoms with E-state index in [1.807, 2.05) is 0 Å². The van der Waals surface area contributed by atoms with Crippen molar-refractivity contribution >= 4 is 23.8 Å². The number of halogens is 4. The lowest BCUT2D eigenvalue weighted by Gasteiger charge is -2.09. The van der Waals surface area contributed by atoms with Gasteiger partial charge in [0, 0.05) is 19.2 Å². The Bertz CT molecular complexity index is 413.